The van der Waals surface area contributed by atoms with E-state index in [-0.39, 0.29) is 16.8 Å². The molecule has 0 spiro atoms. The number of unbranched alkanes of at least 4 members (excludes halogenated alkanes) is 4. The minimum absolute atomic E-state index is 0.0763. The summed E-state index contributed by atoms with van der Waals surface area (Å²) in [5.41, 5.74) is 3.54. The van der Waals surface area contributed by atoms with Gasteiger partial charge in [0.25, 0.3) is 5.91 Å². The number of ether oxygens (including phenoxy) is 1. The Morgan fingerprint density at radius 1 is 1.02 bits per heavy atom. The molecule has 2 aliphatic heterocycles. The first-order chi connectivity index (χ1) is 19.7. The minimum Gasteiger partial charge on any atom is -0.492 e. The predicted molar refractivity (Wildman–Crippen MR) is 171 cm³/mol. The molecule has 0 saturated carbocycles. The highest BCUT2D eigenvalue weighted by molar-refractivity contribution is 8.26. The first-order valence-corrected chi connectivity index (χ1v) is 15.4. The maximum Gasteiger partial charge on any atom is 0.283 e. The molecular formula is C33H39N5O2S. The van der Waals surface area contributed by atoms with Crippen LogP contribution in [0.4, 0.5) is 0 Å². The van der Waals surface area contributed by atoms with Gasteiger partial charge in [-0.2, -0.15) is 15.1 Å². The van der Waals surface area contributed by atoms with Gasteiger partial charge in [0.1, 0.15) is 17.4 Å². The fourth-order valence-corrected chi connectivity index (χ4v) is 5.98. The second-order valence-corrected chi connectivity index (χ2v) is 12.6. The zero-order valence-electron chi connectivity index (χ0n) is 24.4. The summed E-state index contributed by atoms with van der Waals surface area (Å²) < 4.78 is 8.19. The fourth-order valence-electron chi connectivity index (χ4n) is 5.06. The highest BCUT2D eigenvalue weighted by Crippen LogP contribution is 2.32. The van der Waals surface area contributed by atoms with Crippen LogP contribution in [0.15, 0.2) is 70.4 Å². The molecule has 41 heavy (non-hydrogen) atoms. The molecule has 0 radical (unpaired) electrons. The van der Waals surface area contributed by atoms with Gasteiger partial charge in [-0.3, -0.25) is 10.2 Å². The van der Waals surface area contributed by atoms with E-state index in [4.69, 9.17) is 10.1 Å². The number of benzene rings is 2. The smallest absolute Gasteiger partial charge is 0.283 e. The molecule has 214 valence electrons. The summed E-state index contributed by atoms with van der Waals surface area (Å²) in [6, 6.07) is 16.4. The number of carbonyl (C=O) groups is 1. The molecule has 5 rings (SSSR count). The van der Waals surface area contributed by atoms with Crippen molar-refractivity contribution in [2.45, 2.75) is 78.2 Å². The Bertz CT molecular complexity index is 1530. The van der Waals surface area contributed by atoms with E-state index in [1.54, 1.807) is 6.08 Å². The molecule has 0 fully saturated rings. The Balaban J connectivity index is 1.30. The molecule has 8 heteroatoms. The summed E-state index contributed by atoms with van der Waals surface area (Å²) in [5, 5.41) is 17.4. The highest BCUT2D eigenvalue weighted by atomic mass is 32.2. The van der Waals surface area contributed by atoms with Gasteiger partial charge >= 0.3 is 0 Å². The summed E-state index contributed by atoms with van der Waals surface area (Å²) in [7, 11) is 0. The zero-order chi connectivity index (χ0) is 29.0. The summed E-state index contributed by atoms with van der Waals surface area (Å²) in [6.07, 6.45) is 10.6. The lowest BCUT2D eigenvalue weighted by atomic mass is 9.87. The van der Waals surface area contributed by atoms with Crippen molar-refractivity contribution in [1.82, 2.24) is 9.58 Å². The molecule has 3 aromatic rings. The highest BCUT2D eigenvalue weighted by Gasteiger charge is 2.35. The Morgan fingerprint density at radius 3 is 2.54 bits per heavy atom. The molecule has 7 nitrogen and oxygen atoms in total. The molecule has 0 atom stereocenters. The number of amides is 1. The van der Waals surface area contributed by atoms with Gasteiger partial charge in [0, 0.05) is 22.7 Å². The van der Waals surface area contributed by atoms with Crippen molar-refractivity contribution in [3.8, 4) is 5.75 Å². The lowest BCUT2D eigenvalue weighted by Crippen LogP contribution is -2.35. The molecule has 2 aliphatic rings. The summed E-state index contributed by atoms with van der Waals surface area (Å²) in [4.78, 5) is 17.3. The molecule has 0 aliphatic carbocycles. The number of hydrogen-bond donors (Lipinski definition) is 1. The van der Waals surface area contributed by atoms with Gasteiger partial charge in [-0.1, -0.05) is 83.7 Å². The predicted octanol–water partition coefficient (Wildman–Crippen LogP) is 8.00. The van der Waals surface area contributed by atoms with Crippen molar-refractivity contribution in [3.63, 3.8) is 0 Å². The molecule has 0 unspecified atom stereocenters. The SMILES string of the molecule is CCCCCCCC1=NN2C(=N)/C(=C\c3cn(CCOc4ccc(C(C)(C)C)cc4)c4ccccc34)C(=O)N=C2S1. The lowest BCUT2D eigenvalue weighted by molar-refractivity contribution is -0.114. The van der Waals surface area contributed by atoms with E-state index < -0.39 is 5.91 Å². The van der Waals surface area contributed by atoms with Gasteiger partial charge in [-0.25, -0.2) is 0 Å². The monoisotopic (exact) mass is 569 g/mol. The van der Waals surface area contributed by atoms with Crippen LogP contribution in [0.5, 0.6) is 5.75 Å². The van der Waals surface area contributed by atoms with Gasteiger partial charge in [0.05, 0.1) is 12.1 Å². The van der Waals surface area contributed by atoms with Gasteiger partial charge in [-0.15, -0.1) is 0 Å². The van der Waals surface area contributed by atoms with E-state index in [0.717, 1.165) is 40.1 Å². The molecule has 2 aromatic carbocycles. The van der Waals surface area contributed by atoms with Gasteiger partial charge in [0.15, 0.2) is 5.84 Å². The van der Waals surface area contributed by atoms with Crippen LogP contribution in [0.25, 0.3) is 17.0 Å². The maximum atomic E-state index is 13.0. The molecule has 1 N–H and O–H groups in total. The summed E-state index contributed by atoms with van der Waals surface area (Å²) in [5.74, 6) is 0.524. The van der Waals surface area contributed by atoms with Crippen LogP contribution in [-0.2, 0) is 16.8 Å². The molecule has 0 saturated heterocycles. The van der Waals surface area contributed by atoms with Crippen LogP contribution in [-0.4, -0.2) is 38.1 Å². The van der Waals surface area contributed by atoms with E-state index in [0.29, 0.717) is 18.3 Å². The second-order valence-electron chi connectivity index (χ2n) is 11.6. The van der Waals surface area contributed by atoms with Crippen molar-refractivity contribution in [2.24, 2.45) is 10.1 Å². The third-order valence-corrected chi connectivity index (χ3v) is 8.40. The number of aliphatic imine (C=N–C) groups is 1. The largest absolute Gasteiger partial charge is 0.492 e. The average molecular weight is 570 g/mol. The molecule has 0 bridgehead atoms. The lowest BCUT2D eigenvalue weighted by Gasteiger charge is -2.20. The van der Waals surface area contributed by atoms with Crippen molar-refractivity contribution in [3.05, 3.63) is 71.4 Å². The number of rotatable bonds is 11. The number of aromatic nitrogens is 1. The van der Waals surface area contributed by atoms with E-state index >= 15 is 0 Å². The third-order valence-electron chi connectivity index (χ3n) is 7.43. The van der Waals surface area contributed by atoms with Crippen molar-refractivity contribution >= 4 is 50.7 Å². The number of hydrogen-bond acceptors (Lipinski definition) is 5. The Labute approximate surface area is 246 Å². The number of nitrogens with one attached hydrogen (secondary N) is 1. The van der Waals surface area contributed by atoms with Crippen LogP contribution in [0.2, 0.25) is 0 Å². The average Bonchev–Trinajstić information content (AvgIpc) is 3.52. The van der Waals surface area contributed by atoms with Crippen molar-refractivity contribution in [2.75, 3.05) is 6.61 Å². The molecule has 1 amide bonds. The summed E-state index contributed by atoms with van der Waals surface area (Å²) >= 11 is 1.41. The quantitative estimate of drug-likeness (QED) is 0.187. The van der Waals surface area contributed by atoms with Crippen molar-refractivity contribution in [1.29, 1.82) is 5.41 Å². The number of para-hydroxylation sites is 1. The fraction of sp³-hybridized carbons (Fsp3) is 0.394. The van der Waals surface area contributed by atoms with Gasteiger partial charge < -0.3 is 9.30 Å². The summed E-state index contributed by atoms with van der Waals surface area (Å²) in [6.45, 7) is 9.96. The molecular weight excluding hydrogens is 530 g/mol. The Morgan fingerprint density at radius 2 is 1.78 bits per heavy atom. The standard InChI is InChI=1S/C33H39N5O2S/c1-5-6-7-8-9-14-29-36-38-30(34)27(31(39)35-32(38)41-29)21-23-22-37(28-13-11-10-12-26(23)28)19-20-40-25-17-15-24(16-18-25)33(2,3)4/h10-13,15-18,21-22,34H,5-9,14,19-20H2,1-4H3/b27-21+,34-30?. The number of nitrogens with zero attached hydrogens (tertiary/aromatic N) is 4. The van der Waals surface area contributed by atoms with E-state index in [1.807, 2.05) is 36.5 Å². The van der Waals surface area contributed by atoms with Crippen LogP contribution in [0.1, 0.15) is 77.3 Å². The van der Waals surface area contributed by atoms with Gasteiger partial charge in [-0.05, 0) is 59.9 Å². The second kappa shape index (κ2) is 12.5. The zero-order valence-corrected chi connectivity index (χ0v) is 25.3. The van der Waals surface area contributed by atoms with Crippen LogP contribution >= 0.6 is 11.8 Å². The Hall–Kier alpha value is -3.65. The van der Waals surface area contributed by atoms with Crippen LogP contribution in [0.3, 0.4) is 0 Å². The number of thioether (sulfide) groups is 1. The normalized spacial score (nSPS) is 16.4. The topological polar surface area (TPSA) is 83.0 Å². The van der Waals surface area contributed by atoms with Crippen molar-refractivity contribution < 1.29 is 9.53 Å². The molecule has 3 heterocycles. The minimum atomic E-state index is -0.396. The number of fused-ring (bicyclic) bond motifs is 2. The first kappa shape index (κ1) is 28.9. The van der Waals surface area contributed by atoms with E-state index in [2.05, 4.69) is 60.6 Å². The van der Waals surface area contributed by atoms with E-state index in [9.17, 15) is 4.79 Å². The number of amidine groups is 2. The van der Waals surface area contributed by atoms with Gasteiger partial charge in [0.2, 0.25) is 5.17 Å². The Kier molecular flexibility index (Phi) is 8.78. The maximum absolute atomic E-state index is 13.0. The van der Waals surface area contributed by atoms with Crippen LogP contribution < -0.4 is 4.74 Å². The molecule has 1 aromatic heterocycles. The third kappa shape index (κ3) is 6.64. The van der Waals surface area contributed by atoms with E-state index in [1.165, 1.54) is 48.0 Å². The number of hydrazone groups is 1. The first-order valence-electron chi connectivity index (χ1n) is 14.5. The van der Waals surface area contributed by atoms with Crippen LogP contribution in [0, 0.1) is 5.41 Å². The number of carbonyl (C=O) groups excluding carboxylic acids is 1.